The van der Waals surface area contributed by atoms with E-state index in [2.05, 4.69) is 53.3 Å². The molecule has 0 bridgehead atoms. The Morgan fingerprint density at radius 2 is 2.04 bits per heavy atom. The fraction of sp³-hybridized carbons (Fsp3) is 0.350. The van der Waals surface area contributed by atoms with E-state index in [0.717, 1.165) is 49.8 Å². The topological polar surface area (TPSA) is 28.6 Å². The minimum Gasteiger partial charge on any atom is -0.490 e. The fourth-order valence-corrected chi connectivity index (χ4v) is 4.72. The summed E-state index contributed by atoms with van der Waals surface area (Å²) in [5, 5.41) is 1.13. The zero-order valence-corrected chi connectivity index (χ0v) is 15.2. The normalized spacial score (nSPS) is 18.7. The summed E-state index contributed by atoms with van der Waals surface area (Å²) in [6, 6.07) is 6.49. The third kappa shape index (κ3) is 2.63. The van der Waals surface area contributed by atoms with Gasteiger partial charge in [-0.15, -0.1) is 11.3 Å². The minimum absolute atomic E-state index is 0.751. The lowest BCUT2D eigenvalue weighted by molar-refractivity contribution is 0.311. The van der Waals surface area contributed by atoms with Gasteiger partial charge in [0.1, 0.15) is 17.4 Å². The molecule has 0 unspecified atom stereocenters. The molecule has 2 aromatic rings. The first-order valence-corrected chi connectivity index (χ1v) is 9.70. The summed E-state index contributed by atoms with van der Waals surface area (Å²) >= 11 is 1.85. The number of thiazole rings is 1. The second-order valence-corrected chi connectivity index (χ2v) is 7.86. The maximum absolute atomic E-state index is 5.85. The van der Waals surface area contributed by atoms with Gasteiger partial charge in [-0.05, 0) is 30.4 Å². The van der Waals surface area contributed by atoms with Crippen molar-refractivity contribution < 1.29 is 4.74 Å². The highest BCUT2D eigenvalue weighted by Crippen LogP contribution is 2.37. The predicted octanol–water partition coefficient (Wildman–Crippen LogP) is 3.49. The molecule has 5 heteroatoms. The molecule has 0 saturated carbocycles. The number of fused-ring (bicyclic) bond motifs is 2. The van der Waals surface area contributed by atoms with Gasteiger partial charge in [0.05, 0.1) is 17.9 Å². The zero-order chi connectivity index (χ0) is 16.8. The quantitative estimate of drug-likeness (QED) is 0.828. The van der Waals surface area contributed by atoms with Gasteiger partial charge in [0.15, 0.2) is 0 Å². The Bertz CT molecular complexity index is 858. The van der Waals surface area contributed by atoms with Gasteiger partial charge in [-0.3, -0.25) is 0 Å². The SMILES string of the molecule is CN1CCOc2cc(-c3nc4c(s3)CCN(C3=CC=C3)CC4)ccc21. The molecule has 1 aromatic carbocycles. The number of anilines is 1. The molecule has 3 heterocycles. The van der Waals surface area contributed by atoms with Gasteiger partial charge in [0, 0.05) is 49.1 Å². The first kappa shape index (κ1) is 15.0. The zero-order valence-electron chi connectivity index (χ0n) is 14.4. The van der Waals surface area contributed by atoms with Crippen LogP contribution in [-0.4, -0.2) is 43.2 Å². The summed E-state index contributed by atoms with van der Waals surface area (Å²) < 4.78 is 5.85. The third-order valence-electron chi connectivity index (χ3n) is 5.21. The molecule has 0 atom stereocenters. The van der Waals surface area contributed by atoms with Crippen LogP contribution < -0.4 is 9.64 Å². The summed E-state index contributed by atoms with van der Waals surface area (Å²) in [6.07, 6.45) is 8.62. The molecule has 1 aromatic heterocycles. The van der Waals surface area contributed by atoms with Gasteiger partial charge < -0.3 is 14.5 Å². The van der Waals surface area contributed by atoms with Gasteiger partial charge in [-0.1, -0.05) is 6.08 Å². The summed E-state index contributed by atoms with van der Waals surface area (Å²) in [7, 11) is 2.12. The number of aromatic nitrogens is 1. The number of nitrogens with zero attached hydrogens (tertiary/aromatic N) is 3. The lowest BCUT2D eigenvalue weighted by atomic mass is 10.1. The van der Waals surface area contributed by atoms with E-state index in [9.17, 15) is 0 Å². The fourth-order valence-electron chi connectivity index (χ4n) is 3.63. The number of ether oxygens (including phenoxy) is 1. The Balaban J connectivity index is 1.40. The van der Waals surface area contributed by atoms with Crippen molar-refractivity contribution in [3.8, 4) is 16.3 Å². The highest BCUT2D eigenvalue weighted by Gasteiger charge is 2.21. The molecule has 0 N–H and O–H groups in total. The molecule has 1 aliphatic carbocycles. The first-order chi connectivity index (χ1) is 12.3. The molecule has 0 amide bonds. The van der Waals surface area contributed by atoms with Crippen molar-refractivity contribution in [1.82, 2.24) is 9.88 Å². The molecule has 0 radical (unpaired) electrons. The van der Waals surface area contributed by atoms with Crippen LogP contribution in [0.5, 0.6) is 5.75 Å². The standard InChI is InChI=1S/C20H21N3OS/c1-22-11-12-24-18-13-14(5-6-17(18)22)20-21-16-7-9-23(15-3-2-4-15)10-8-19(16)25-20/h2-6,13H,7-12H2,1H3. The van der Waals surface area contributed by atoms with Crippen LogP contribution in [0.4, 0.5) is 5.69 Å². The van der Waals surface area contributed by atoms with Gasteiger partial charge in [-0.25, -0.2) is 4.98 Å². The van der Waals surface area contributed by atoms with Crippen LogP contribution in [0.1, 0.15) is 10.6 Å². The van der Waals surface area contributed by atoms with E-state index < -0.39 is 0 Å². The lowest BCUT2D eigenvalue weighted by Gasteiger charge is -2.27. The first-order valence-electron chi connectivity index (χ1n) is 8.88. The van der Waals surface area contributed by atoms with Crippen molar-refractivity contribution in [1.29, 1.82) is 0 Å². The minimum atomic E-state index is 0.751. The molecule has 2 aliphatic heterocycles. The number of likely N-dealkylation sites (N-methyl/N-ethyl adjacent to an activating group) is 1. The molecule has 128 valence electrons. The Morgan fingerprint density at radius 1 is 1.16 bits per heavy atom. The van der Waals surface area contributed by atoms with Crippen molar-refractivity contribution in [2.24, 2.45) is 0 Å². The molecule has 0 spiro atoms. The van der Waals surface area contributed by atoms with Gasteiger partial charge in [0.2, 0.25) is 0 Å². The van der Waals surface area contributed by atoms with Crippen LogP contribution >= 0.6 is 11.3 Å². The van der Waals surface area contributed by atoms with Crippen LogP contribution in [0.25, 0.3) is 10.6 Å². The van der Waals surface area contributed by atoms with E-state index in [-0.39, 0.29) is 0 Å². The summed E-state index contributed by atoms with van der Waals surface area (Å²) in [5.41, 5.74) is 4.99. The highest BCUT2D eigenvalue weighted by atomic mass is 32.1. The van der Waals surface area contributed by atoms with E-state index >= 15 is 0 Å². The molecular formula is C20H21N3OS. The molecular weight excluding hydrogens is 330 g/mol. The second kappa shape index (κ2) is 5.92. The number of hydrogen-bond acceptors (Lipinski definition) is 5. The Labute approximate surface area is 152 Å². The molecule has 0 saturated heterocycles. The van der Waals surface area contributed by atoms with Crippen LogP contribution in [0.15, 0.2) is 42.1 Å². The van der Waals surface area contributed by atoms with E-state index in [1.54, 1.807) is 0 Å². The molecule has 25 heavy (non-hydrogen) atoms. The average molecular weight is 351 g/mol. The summed E-state index contributed by atoms with van der Waals surface area (Å²) in [6.45, 7) is 3.84. The van der Waals surface area contributed by atoms with Gasteiger partial charge >= 0.3 is 0 Å². The number of allylic oxidation sites excluding steroid dienone is 3. The molecule has 5 rings (SSSR count). The molecule has 0 fully saturated rings. The Kier molecular flexibility index (Phi) is 3.55. The van der Waals surface area contributed by atoms with Crippen molar-refractivity contribution >= 4 is 17.0 Å². The van der Waals surface area contributed by atoms with Crippen LogP contribution in [0.3, 0.4) is 0 Å². The third-order valence-corrected chi connectivity index (χ3v) is 6.41. The summed E-state index contributed by atoms with van der Waals surface area (Å²) in [5.74, 6) is 0.978. The Morgan fingerprint density at radius 3 is 2.88 bits per heavy atom. The molecule has 4 nitrogen and oxygen atoms in total. The van der Waals surface area contributed by atoms with Crippen LogP contribution in [-0.2, 0) is 12.8 Å². The van der Waals surface area contributed by atoms with E-state index in [1.165, 1.54) is 27.5 Å². The maximum Gasteiger partial charge on any atom is 0.143 e. The number of hydrogen-bond donors (Lipinski definition) is 0. The van der Waals surface area contributed by atoms with Crippen molar-refractivity contribution in [2.75, 3.05) is 38.2 Å². The van der Waals surface area contributed by atoms with Crippen molar-refractivity contribution in [3.63, 3.8) is 0 Å². The number of benzene rings is 1. The van der Waals surface area contributed by atoms with Crippen molar-refractivity contribution in [2.45, 2.75) is 12.8 Å². The molecule has 3 aliphatic rings. The predicted molar refractivity (Wildman–Crippen MR) is 103 cm³/mol. The van der Waals surface area contributed by atoms with Gasteiger partial charge in [0.25, 0.3) is 0 Å². The van der Waals surface area contributed by atoms with Crippen molar-refractivity contribution in [3.05, 3.63) is 52.7 Å². The van der Waals surface area contributed by atoms with E-state index in [0.29, 0.717) is 0 Å². The Hall–Kier alpha value is -2.27. The average Bonchev–Trinajstić information content (AvgIpc) is 2.89. The smallest absolute Gasteiger partial charge is 0.143 e. The highest BCUT2D eigenvalue weighted by molar-refractivity contribution is 7.15. The second-order valence-electron chi connectivity index (χ2n) is 6.78. The van der Waals surface area contributed by atoms with Crippen LogP contribution in [0, 0.1) is 0 Å². The largest absolute Gasteiger partial charge is 0.490 e. The number of rotatable bonds is 2. The lowest BCUT2D eigenvalue weighted by Crippen LogP contribution is -2.28. The monoisotopic (exact) mass is 351 g/mol. The summed E-state index contributed by atoms with van der Waals surface area (Å²) in [4.78, 5) is 11.1. The van der Waals surface area contributed by atoms with E-state index in [4.69, 9.17) is 9.72 Å². The maximum atomic E-state index is 5.85. The van der Waals surface area contributed by atoms with E-state index in [1.807, 2.05) is 11.3 Å². The van der Waals surface area contributed by atoms with Crippen LogP contribution in [0.2, 0.25) is 0 Å². The van der Waals surface area contributed by atoms with Gasteiger partial charge in [-0.2, -0.15) is 0 Å².